The molecule has 0 radical (unpaired) electrons. The molecule has 1 heteroatoms. The summed E-state index contributed by atoms with van der Waals surface area (Å²) in [6.45, 7) is 4.53. The van der Waals surface area contributed by atoms with Gasteiger partial charge in [-0.25, -0.2) is 0 Å². The molecule has 3 aromatic rings. The van der Waals surface area contributed by atoms with Crippen LogP contribution in [-0.4, -0.2) is 0 Å². The summed E-state index contributed by atoms with van der Waals surface area (Å²) >= 11 is 0. The lowest BCUT2D eigenvalue weighted by Gasteiger charge is -2.28. The molecule has 0 fully saturated rings. The van der Waals surface area contributed by atoms with Crippen LogP contribution < -0.4 is 15.9 Å². The Labute approximate surface area is 146 Å². The van der Waals surface area contributed by atoms with Gasteiger partial charge in [0.05, 0.1) is 5.31 Å². The van der Waals surface area contributed by atoms with Gasteiger partial charge in [-0.2, -0.15) is 0 Å². The van der Waals surface area contributed by atoms with Gasteiger partial charge in [0.15, 0.2) is 0 Å². The lowest BCUT2D eigenvalue weighted by molar-refractivity contribution is 1.21. The topological polar surface area (TPSA) is 0 Å². The first-order valence-corrected chi connectivity index (χ1v) is 10.3. The van der Waals surface area contributed by atoms with Crippen LogP contribution in [0.1, 0.15) is 20.3 Å². The first kappa shape index (κ1) is 16.7. The maximum absolute atomic E-state index is 2.40. The standard InChI is InChI=1S/C23H24P/c1-3-13-20(2)24(21-14-7-4-8-15-21,22-16-9-5-10-17-22)23-18-11-6-12-19-23/h4-19H,3H2,1-2H3/q+1/b20-13+. The first-order chi connectivity index (χ1) is 11.8. The van der Waals surface area contributed by atoms with Crippen LogP contribution in [0.4, 0.5) is 0 Å². The molecule has 0 N–H and O–H groups in total. The van der Waals surface area contributed by atoms with Crippen LogP contribution in [0.2, 0.25) is 0 Å². The van der Waals surface area contributed by atoms with E-state index in [9.17, 15) is 0 Å². The minimum absolute atomic E-state index is 1.06. The van der Waals surface area contributed by atoms with E-state index in [-0.39, 0.29) is 0 Å². The van der Waals surface area contributed by atoms with Gasteiger partial charge >= 0.3 is 0 Å². The highest BCUT2D eigenvalue weighted by Gasteiger charge is 2.47. The Bertz CT molecular complexity index is 693. The zero-order valence-electron chi connectivity index (χ0n) is 14.4. The molecule has 0 nitrogen and oxygen atoms in total. The van der Waals surface area contributed by atoms with Crippen LogP contribution in [0.25, 0.3) is 0 Å². The predicted octanol–water partition coefficient (Wildman–Crippen LogP) is 5.29. The molecule has 3 aromatic carbocycles. The van der Waals surface area contributed by atoms with Crippen molar-refractivity contribution in [2.24, 2.45) is 0 Å². The average molecular weight is 331 g/mol. The lowest BCUT2D eigenvalue weighted by Crippen LogP contribution is -2.31. The van der Waals surface area contributed by atoms with Crippen molar-refractivity contribution in [3.05, 3.63) is 102 Å². The maximum atomic E-state index is 2.40. The van der Waals surface area contributed by atoms with Crippen molar-refractivity contribution < 1.29 is 0 Å². The third-order valence-electron chi connectivity index (χ3n) is 4.46. The van der Waals surface area contributed by atoms with E-state index >= 15 is 0 Å². The molecule has 0 aliphatic heterocycles. The Morgan fingerprint density at radius 2 is 1.00 bits per heavy atom. The lowest BCUT2D eigenvalue weighted by atomic mass is 10.3. The Hall–Kier alpha value is -2.17. The summed E-state index contributed by atoms with van der Waals surface area (Å²) in [5.74, 6) is 0. The van der Waals surface area contributed by atoms with E-state index in [0.29, 0.717) is 0 Å². The summed E-state index contributed by atoms with van der Waals surface area (Å²) < 4.78 is 0. The summed E-state index contributed by atoms with van der Waals surface area (Å²) in [4.78, 5) is 0. The van der Waals surface area contributed by atoms with Gasteiger partial charge in [-0.3, -0.25) is 0 Å². The van der Waals surface area contributed by atoms with Gasteiger partial charge in [-0.1, -0.05) is 61.5 Å². The molecule has 24 heavy (non-hydrogen) atoms. The summed E-state index contributed by atoms with van der Waals surface area (Å²) in [5.41, 5.74) is 0. The zero-order chi connectivity index (χ0) is 16.8. The molecule has 0 spiro atoms. The fraction of sp³-hybridized carbons (Fsp3) is 0.130. The van der Waals surface area contributed by atoms with E-state index in [1.54, 1.807) is 0 Å². The highest BCUT2D eigenvalue weighted by atomic mass is 31.2. The molecule has 0 bridgehead atoms. The van der Waals surface area contributed by atoms with Crippen LogP contribution in [0.5, 0.6) is 0 Å². The molecular formula is C23H24P+. The molecule has 120 valence electrons. The summed E-state index contributed by atoms with van der Waals surface area (Å²) in [6.07, 6.45) is 3.46. The Kier molecular flexibility index (Phi) is 5.28. The Morgan fingerprint density at radius 3 is 1.29 bits per heavy atom. The predicted molar refractivity (Wildman–Crippen MR) is 109 cm³/mol. The third kappa shape index (κ3) is 2.95. The van der Waals surface area contributed by atoms with Crippen molar-refractivity contribution in [2.45, 2.75) is 20.3 Å². The molecule has 0 atom stereocenters. The van der Waals surface area contributed by atoms with Crippen molar-refractivity contribution in [2.75, 3.05) is 0 Å². The molecule has 0 aliphatic carbocycles. The Morgan fingerprint density at radius 1 is 0.667 bits per heavy atom. The van der Waals surface area contributed by atoms with E-state index in [1.165, 1.54) is 21.2 Å². The van der Waals surface area contributed by atoms with Crippen LogP contribution in [0, 0.1) is 0 Å². The number of rotatable bonds is 5. The van der Waals surface area contributed by atoms with E-state index in [1.807, 2.05) is 0 Å². The molecule has 3 rings (SSSR count). The van der Waals surface area contributed by atoms with E-state index in [4.69, 9.17) is 0 Å². The molecule has 0 aromatic heterocycles. The third-order valence-corrected chi connectivity index (χ3v) is 8.92. The minimum atomic E-state index is -1.80. The van der Waals surface area contributed by atoms with Crippen molar-refractivity contribution in [3.8, 4) is 0 Å². The van der Waals surface area contributed by atoms with Crippen molar-refractivity contribution in [1.29, 1.82) is 0 Å². The largest absolute Gasteiger partial charge is 0.139 e. The van der Waals surface area contributed by atoms with Crippen molar-refractivity contribution in [1.82, 2.24) is 0 Å². The molecule has 0 amide bonds. The maximum Gasteiger partial charge on any atom is 0.139 e. The molecule has 0 heterocycles. The average Bonchev–Trinajstić information content (AvgIpc) is 2.65. The SMILES string of the molecule is CC/C=C(\C)[P+](c1ccccc1)(c1ccccc1)c1ccccc1. The van der Waals surface area contributed by atoms with E-state index < -0.39 is 7.26 Å². The van der Waals surface area contributed by atoms with Gasteiger partial charge < -0.3 is 0 Å². The number of benzene rings is 3. The molecule has 0 saturated heterocycles. The number of hydrogen-bond acceptors (Lipinski definition) is 0. The second-order valence-corrected chi connectivity index (χ2v) is 9.53. The summed E-state index contributed by atoms with van der Waals surface area (Å²) in [5, 5.41) is 5.74. The van der Waals surface area contributed by atoms with E-state index in [2.05, 4.69) is 111 Å². The zero-order valence-corrected chi connectivity index (χ0v) is 15.3. The first-order valence-electron chi connectivity index (χ1n) is 8.53. The fourth-order valence-electron chi connectivity index (χ4n) is 3.45. The number of hydrogen-bond donors (Lipinski definition) is 0. The molecular weight excluding hydrogens is 307 g/mol. The smallest absolute Gasteiger partial charge is 0.0620 e. The molecule has 0 aliphatic rings. The molecule has 0 unspecified atom stereocenters. The van der Waals surface area contributed by atoms with Crippen molar-refractivity contribution in [3.63, 3.8) is 0 Å². The fourth-order valence-corrected chi connectivity index (χ4v) is 7.88. The van der Waals surface area contributed by atoms with Gasteiger partial charge in [-0.05, 0) is 55.8 Å². The van der Waals surface area contributed by atoms with Gasteiger partial charge in [0.2, 0.25) is 0 Å². The molecule has 0 saturated carbocycles. The van der Waals surface area contributed by atoms with Crippen LogP contribution >= 0.6 is 7.26 Å². The Balaban J connectivity index is 2.40. The summed E-state index contributed by atoms with van der Waals surface area (Å²) in [6, 6.07) is 33.0. The van der Waals surface area contributed by atoms with Crippen molar-refractivity contribution >= 4 is 23.2 Å². The van der Waals surface area contributed by atoms with Gasteiger partial charge in [0.1, 0.15) is 23.2 Å². The van der Waals surface area contributed by atoms with Gasteiger partial charge in [-0.15, -0.1) is 0 Å². The van der Waals surface area contributed by atoms with Crippen LogP contribution in [0.3, 0.4) is 0 Å². The van der Waals surface area contributed by atoms with Crippen LogP contribution in [0.15, 0.2) is 102 Å². The monoisotopic (exact) mass is 331 g/mol. The quantitative estimate of drug-likeness (QED) is 0.557. The second kappa shape index (κ2) is 7.60. The summed E-state index contributed by atoms with van der Waals surface area (Å²) in [7, 11) is -1.80. The highest BCUT2D eigenvalue weighted by molar-refractivity contribution is 7.99. The second-order valence-electron chi connectivity index (χ2n) is 5.93. The van der Waals surface area contributed by atoms with Gasteiger partial charge in [0, 0.05) is 0 Å². The normalized spacial score (nSPS) is 12.2. The van der Waals surface area contributed by atoms with Gasteiger partial charge in [0.25, 0.3) is 0 Å². The highest BCUT2D eigenvalue weighted by Crippen LogP contribution is 2.62. The minimum Gasteiger partial charge on any atom is -0.0620 e. The van der Waals surface area contributed by atoms with E-state index in [0.717, 1.165) is 6.42 Å². The number of allylic oxidation sites excluding steroid dienone is 2. The van der Waals surface area contributed by atoms with Crippen LogP contribution in [-0.2, 0) is 0 Å².